The summed E-state index contributed by atoms with van der Waals surface area (Å²) in [6.07, 6.45) is 1.95. The van der Waals surface area contributed by atoms with Crippen molar-refractivity contribution in [3.8, 4) is 5.75 Å². The summed E-state index contributed by atoms with van der Waals surface area (Å²) in [5.41, 5.74) is 4.06. The zero-order valence-electron chi connectivity index (χ0n) is 16.1. The van der Waals surface area contributed by atoms with Crippen molar-refractivity contribution in [3.63, 3.8) is 0 Å². The van der Waals surface area contributed by atoms with Crippen LogP contribution in [0.15, 0.2) is 33.9 Å². The molecule has 0 radical (unpaired) electrons. The number of aromatic nitrogens is 2. The van der Waals surface area contributed by atoms with Crippen molar-refractivity contribution in [2.24, 2.45) is 14.1 Å². The number of Topliss-reactive ketones (excluding diaryl/α,β-unsaturated/α-hetero) is 1. The number of nitrogens with two attached hydrogens (primary N) is 1. The van der Waals surface area contributed by atoms with Crippen molar-refractivity contribution in [2.75, 3.05) is 18.9 Å². The molecule has 2 aromatic rings. The Morgan fingerprint density at radius 2 is 1.71 bits per heavy atom. The fourth-order valence-corrected chi connectivity index (χ4v) is 2.43. The van der Waals surface area contributed by atoms with Gasteiger partial charge in [-0.05, 0) is 30.7 Å². The molecule has 0 spiro atoms. The molecule has 0 fully saturated rings. The van der Waals surface area contributed by atoms with Gasteiger partial charge in [0.1, 0.15) is 17.1 Å². The molecule has 1 heterocycles. The highest BCUT2D eigenvalue weighted by molar-refractivity contribution is 6.02. The van der Waals surface area contributed by atoms with Crippen LogP contribution in [0.5, 0.6) is 5.75 Å². The largest absolute Gasteiger partial charge is 0.494 e. The quantitative estimate of drug-likeness (QED) is 0.404. The Bertz CT molecular complexity index is 988. The van der Waals surface area contributed by atoms with Crippen molar-refractivity contribution >= 4 is 17.6 Å². The predicted molar refractivity (Wildman–Crippen MR) is 103 cm³/mol. The summed E-state index contributed by atoms with van der Waals surface area (Å²) in [6.45, 7) is 1.97. The highest BCUT2D eigenvalue weighted by atomic mass is 16.5. The summed E-state index contributed by atoms with van der Waals surface area (Å²) in [5, 5.41) is 0. The van der Waals surface area contributed by atoms with E-state index in [1.54, 1.807) is 12.1 Å². The monoisotopic (exact) mass is 389 g/mol. The summed E-state index contributed by atoms with van der Waals surface area (Å²) in [6, 6.07) is 6.31. The minimum atomic E-state index is -0.838. The maximum absolute atomic E-state index is 12.3. The number of hydrogen-bond acceptors (Lipinski definition) is 7. The smallest absolute Gasteiger partial charge is 0.338 e. The van der Waals surface area contributed by atoms with Crippen molar-refractivity contribution in [1.29, 1.82) is 0 Å². The number of esters is 1. The summed E-state index contributed by atoms with van der Waals surface area (Å²) in [5.74, 6) is -1.17. The molecule has 9 heteroatoms. The van der Waals surface area contributed by atoms with Gasteiger partial charge in [0.25, 0.3) is 5.56 Å². The van der Waals surface area contributed by atoms with Gasteiger partial charge in [0, 0.05) is 14.1 Å². The normalized spacial score (nSPS) is 10.5. The van der Waals surface area contributed by atoms with Crippen molar-refractivity contribution < 1.29 is 19.1 Å². The molecule has 0 aliphatic carbocycles. The van der Waals surface area contributed by atoms with Gasteiger partial charge in [0.15, 0.2) is 6.61 Å². The molecule has 0 bridgehead atoms. The topological polar surface area (TPSA) is 123 Å². The molecule has 0 unspecified atom stereocenters. The van der Waals surface area contributed by atoms with E-state index in [4.69, 9.17) is 15.2 Å². The molecule has 0 saturated heterocycles. The molecule has 0 amide bonds. The molecule has 1 aromatic carbocycles. The predicted octanol–water partition coefficient (Wildman–Crippen LogP) is 0.885. The van der Waals surface area contributed by atoms with Gasteiger partial charge in [-0.25, -0.2) is 9.59 Å². The molecule has 9 nitrogen and oxygen atoms in total. The fraction of sp³-hybridized carbons (Fsp3) is 0.368. The zero-order chi connectivity index (χ0) is 20.8. The molecule has 2 N–H and O–H groups in total. The van der Waals surface area contributed by atoms with E-state index in [0.29, 0.717) is 12.4 Å². The third-order valence-corrected chi connectivity index (χ3v) is 4.18. The first-order chi connectivity index (χ1) is 13.3. The van der Waals surface area contributed by atoms with Crippen LogP contribution in [-0.4, -0.2) is 34.1 Å². The number of hydrogen-bond donors (Lipinski definition) is 1. The van der Waals surface area contributed by atoms with Gasteiger partial charge in [0.2, 0.25) is 5.78 Å². The fourth-order valence-electron chi connectivity index (χ4n) is 2.43. The van der Waals surface area contributed by atoms with Crippen LogP contribution < -0.4 is 21.7 Å². The number of carbonyl (C=O) groups is 2. The lowest BCUT2D eigenvalue weighted by molar-refractivity contribution is 0.0474. The van der Waals surface area contributed by atoms with Crippen LogP contribution in [0.3, 0.4) is 0 Å². The Labute approximate surface area is 161 Å². The third-order valence-electron chi connectivity index (χ3n) is 4.18. The van der Waals surface area contributed by atoms with Gasteiger partial charge in [-0.15, -0.1) is 0 Å². The van der Waals surface area contributed by atoms with E-state index in [0.717, 1.165) is 22.0 Å². The number of nitrogens with zero attached hydrogens (tertiary/aromatic N) is 2. The standard InChI is InChI=1S/C19H23N3O6/c1-4-5-10-27-13-8-6-12(7-9-13)18(25)28-11-14(23)15-16(20)21(2)19(26)22(3)17(15)24/h6-9H,4-5,10-11,20H2,1-3H3. The molecule has 0 atom stereocenters. The van der Waals surface area contributed by atoms with E-state index in [1.807, 2.05) is 0 Å². The second-order valence-corrected chi connectivity index (χ2v) is 6.19. The van der Waals surface area contributed by atoms with Gasteiger partial charge < -0.3 is 15.2 Å². The lowest BCUT2D eigenvalue weighted by atomic mass is 10.2. The second-order valence-electron chi connectivity index (χ2n) is 6.19. The SMILES string of the molecule is CCCCOc1ccc(C(=O)OCC(=O)c2c(N)n(C)c(=O)n(C)c2=O)cc1. The Morgan fingerprint density at radius 1 is 1.07 bits per heavy atom. The van der Waals surface area contributed by atoms with E-state index in [2.05, 4.69) is 6.92 Å². The Balaban J connectivity index is 2.06. The first kappa shape index (κ1) is 20.9. The maximum Gasteiger partial charge on any atom is 0.338 e. The first-order valence-corrected chi connectivity index (χ1v) is 8.76. The molecule has 1 aromatic heterocycles. The third kappa shape index (κ3) is 4.48. The van der Waals surface area contributed by atoms with Gasteiger partial charge in [-0.3, -0.25) is 18.7 Å². The number of ketones is 1. The molecular formula is C19H23N3O6. The Hall–Kier alpha value is -3.36. The number of unbranched alkanes of at least 4 members (excludes halogenated alkanes) is 1. The molecule has 28 heavy (non-hydrogen) atoms. The summed E-state index contributed by atoms with van der Waals surface area (Å²) >= 11 is 0. The zero-order valence-corrected chi connectivity index (χ0v) is 16.1. The number of nitrogen functional groups attached to an aromatic ring is 1. The Kier molecular flexibility index (Phi) is 6.75. The minimum absolute atomic E-state index is 0.233. The van der Waals surface area contributed by atoms with Crippen LogP contribution in [0.1, 0.15) is 40.5 Å². The van der Waals surface area contributed by atoms with Crippen molar-refractivity contribution in [3.05, 3.63) is 56.2 Å². The number of rotatable bonds is 8. The number of carbonyl (C=O) groups excluding carboxylic acids is 2. The van der Waals surface area contributed by atoms with Crippen molar-refractivity contribution in [2.45, 2.75) is 19.8 Å². The van der Waals surface area contributed by atoms with Crippen LogP contribution in [0, 0.1) is 0 Å². The molecule has 0 aliphatic rings. The van der Waals surface area contributed by atoms with Gasteiger partial charge in [-0.2, -0.15) is 0 Å². The summed E-state index contributed by atoms with van der Waals surface area (Å²) in [4.78, 5) is 48.4. The summed E-state index contributed by atoms with van der Waals surface area (Å²) < 4.78 is 12.2. The van der Waals surface area contributed by atoms with E-state index in [1.165, 1.54) is 26.2 Å². The highest BCUT2D eigenvalue weighted by Crippen LogP contribution is 2.14. The Morgan fingerprint density at radius 3 is 2.32 bits per heavy atom. The average Bonchev–Trinajstić information content (AvgIpc) is 2.70. The maximum atomic E-state index is 12.3. The van der Waals surface area contributed by atoms with E-state index >= 15 is 0 Å². The van der Waals surface area contributed by atoms with Crippen LogP contribution in [0.25, 0.3) is 0 Å². The van der Waals surface area contributed by atoms with E-state index in [9.17, 15) is 19.2 Å². The molecule has 2 rings (SSSR count). The van der Waals surface area contributed by atoms with Gasteiger partial charge in [0.05, 0.1) is 12.2 Å². The number of benzene rings is 1. The first-order valence-electron chi connectivity index (χ1n) is 8.76. The lowest BCUT2D eigenvalue weighted by Crippen LogP contribution is -2.42. The van der Waals surface area contributed by atoms with Crippen molar-refractivity contribution in [1.82, 2.24) is 9.13 Å². The van der Waals surface area contributed by atoms with Gasteiger partial charge >= 0.3 is 11.7 Å². The average molecular weight is 389 g/mol. The highest BCUT2D eigenvalue weighted by Gasteiger charge is 2.21. The van der Waals surface area contributed by atoms with E-state index < -0.39 is 35.2 Å². The van der Waals surface area contributed by atoms with Crippen LogP contribution >= 0.6 is 0 Å². The van der Waals surface area contributed by atoms with Crippen LogP contribution in [0.4, 0.5) is 5.82 Å². The van der Waals surface area contributed by atoms with Crippen LogP contribution in [0.2, 0.25) is 0 Å². The van der Waals surface area contributed by atoms with E-state index in [-0.39, 0.29) is 11.4 Å². The lowest BCUT2D eigenvalue weighted by Gasteiger charge is -2.11. The van der Waals surface area contributed by atoms with Crippen LogP contribution in [-0.2, 0) is 18.8 Å². The van der Waals surface area contributed by atoms with Gasteiger partial charge in [-0.1, -0.05) is 13.3 Å². The molecule has 0 aliphatic heterocycles. The summed E-state index contributed by atoms with van der Waals surface area (Å²) in [7, 11) is 2.57. The molecular weight excluding hydrogens is 366 g/mol. The number of ether oxygens (including phenoxy) is 2. The number of anilines is 1. The molecule has 0 saturated carbocycles. The molecule has 150 valence electrons. The minimum Gasteiger partial charge on any atom is -0.494 e. The second kappa shape index (κ2) is 9.03.